The molecule has 0 aromatic heterocycles. The fourth-order valence-corrected chi connectivity index (χ4v) is 18.4. The van der Waals surface area contributed by atoms with Crippen molar-refractivity contribution in [1.29, 1.82) is 0 Å². The number of hydrogen-bond donors (Lipinski definition) is 0. The van der Waals surface area contributed by atoms with Gasteiger partial charge in [-0.25, -0.2) is 0 Å². The van der Waals surface area contributed by atoms with Gasteiger partial charge >= 0.3 is 0 Å². The van der Waals surface area contributed by atoms with Crippen LogP contribution in [0.4, 0.5) is 17.1 Å². The van der Waals surface area contributed by atoms with Gasteiger partial charge in [0.25, 0.3) is 0 Å². The van der Waals surface area contributed by atoms with E-state index in [2.05, 4.69) is 339 Å². The molecule has 0 fully saturated rings. The van der Waals surface area contributed by atoms with Crippen LogP contribution in [-0.4, -0.2) is 6.04 Å². The zero-order valence-electron chi connectivity index (χ0n) is 56.2. The predicted octanol–water partition coefficient (Wildman–Crippen LogP) is 22.3. The normalized spacial score (nSPS) is 19.5. The van der Waals surface area contributed by atoms with Crippen LogP contribution in [0.1, 0.15) is 126 Å². The average Bonchev–Trinajstić information content (AvgIpc) is 1.69. The second-order valence-electron chi connectivity index (χ2n) is 30.7. The van der Waals surface area contributed by atoms with Crippen LogP contribution in [0.2, 0.25) is 0 Å². The zero-order chi connectivity index (χ0) is 64.4. The summed E-state index contributed by atoms with van der Waals surface area (Å²) in [5.74, 6) is 0.441. The molecule has 0 spiro atoms. The quantitative estimate of drug-likeness (QED) is 0.150. The van der Waals surface area contributed by atoms with Crippen molar-refractivity contribution in [3.63, 3.8) is 0 Å². The van der Waals surface area contributed by atoms with Gasteiger partial charge in [0.1, 0.15) is 0 Å². The monoisotopic (exact) mass is 1220 g/mol. The summed E-state index contributed by atoms with van der Waals surface area (Å²) >= 11 is 0. The first kappa shape index (κ1) is 57.6. The van der Waals surface area contributed by atoms with E-state index in [1.165, 1.54) is 160 Å². The lowest BCUT2D eigenvalue weighted by Crippen LogP contribution is -2.41. The largest absolute Gasteiger partial charge is 0.334 e. The summed E-state index contributed by atoms with van der Waals surface area (Å²) in [6.45, 7) is 21.8. The molecule has 0 bridgehead atoms. The summed E-state index contributed by atoms with van der Waals surface area (Å²) in [5.41, 5.74) is 28.7. The maximum absolute atomic E-state index is 2.65. The lowest BCUT2D eigenvalue weighted by molar-refractivity contribution is 0.293. The zero-order valence-corrected chi connectivity index (χ0v) is 56.2. The molecule has 0 amide bonds. The highest BCUT2D eigenvalue weighted by Gasteiger charge is 2.43. The third kappa shape index (κ3) is 8.68. The van der Waals surface area contributed by atoms with Gasteiger partial charge in [0.15, 0.2) is 0 Å². The average molecular weight is 1230 g/mol. The Morgan fingerprint density at radius 1 is 0.442 bits per heavy atom. The van der Waals surface area contributed by atoms with Crippen molar-refractivity contribution < 1.29 is 0 Å². The molecular formula is C93H80N2. The SMILES string of the molecule is CC1(C)c2cc(C3=c4cc(N(C5=CCC(C(C)(C)C)C=C5)C5C=CC=CC5)ccc4=C(c4ccc5c(c4)C(C)(C)c4ccc6ccccc6c4-5)C4CC(N(c5ccccc5)c5ccc6c(c5)C(C)(C)c5c-6ccc6ccccc56)=CC=C34)ccc2-c2c1ccc1ccccc21. The molecule has 0 saturated heterocycles. The Bertz CT molecular complexity index is 5490. The van der Waals surface area contributed by atoms with Crippen molar-refractivity contribution in [3.8, 4) is 33.4 Å². The highest BCUT2D eigenvalue weighted by atomic mass is 15.2. The maximum Gasteiger partial charge on any atom is 0.0559 e. The molecule has 0 N–H and O–H groups in total. The van der Waals surface area contributed by atoms with E-state index in [-0.39, 0.29) is 33.6 Å². The minimum absolute atomic E-state index is 0.0231. The van der Waals surface area contributed by atoms with E-state index in [1.807, 2.05) is 0 Å². The predicted molar refractivity (Wildman–Crippen MR) is 402 cm³/mol. The van der Waals surface area contributed by atoms with Gasteiger partial charge in [0.2, 0.25) is 0 Å². The second-order valence-corrected chi connectivity index (χ2v) is 30.7. The van der Waals surface area contributed by atoms with Gasteiger partial charge < -0.3 is 9.80 Å². The summed E-state index contributed by atoms with van der Waals surface area (Å²) in [6, 6.07) is 82.5. The number of para-hydroxylation sites is 1. The molecule has 0 heterocycles. The molecule has 3 atom stereocenters. The van der Waals surface area contributed by atoms with E-state index in [1.54, 1.807) is 0 Å². The molecule has 462 valence electrons. The molecule has 7 aliphatic rings. The number of hydrogen-bond acceptors (Lipinski definition) is 2. The third-order valence-corrected chi connectivity index (χ3v) is 23.3. The number of benzene rings is 11. The van der Waals surface area contributed by atoms with E-state index in [9.17, 15) is 0 Å². The summed E-state index contributed by atoms with van der Waals surface area (Å²) in [5, 5.41) is 10.4. The highest BCUT2D eigenvalue weighted by molar-refractivity contribution is 6.05. The summed E-state index contributed by atoms with van der Waals surface area (Å²) in [6.07, 6.45) is 24.4. The number of fused-ring (bicyclic) bond motifs is 17. The fraction of sp³-hybridized carbons (Fsp3) is 0.204. The molecule has 2 nitrogen and oxygen atoms in total. The van der Waals surface area contributed by atoms with Crippen LogP contribution in [0.25, 0.3) is 76.8 Å². The molecule has 3 unspecified atom stereocenters. The van der Waals surface area contributed by atoms with E-state index in [0.717, 1.165) is 24.9 Å². The van der Waals surface area contributed by atoms with E-state index in [0.29, 0.717) is 5.92 Å². The molecule has 95 heavy (non-hydrogen) atoms. The lowest BCUT2D eigenvalue weighted by Gasteiger charge is -2.39. The highest BCUT2D eigenvalue weighted by Crippen LogP contribution is 2.57. The van der Waals surface area contributed by atoms with Crippen LogP contribution >= 0.6 is 0 Å². The van der Waals surface area contributed by atoms with Crippen molar-refractivity contribution in [1.82, 2.24) is 0 Å². The Balaban J connectivity index is 0.898. The van der Waals surface area contributed by atoms with Crippen molar-refractivity contribution in [2.24, 2.45) is 17.3 Å². The molecule has 0 radical (unpaired) electrons. The Hall–Kier alpha value is -10.0. The van der Waals surface area contributed by atoms with Gasteiger partial charge in [0.05, 0.1) is 6.04 Å². The summed E-state index contributed by atoms with van der Waals surface area (Å²) in [7, 11) is 0. The first-order valence-corrected chi connectivity index (χ1v) is 34.7. The molecular weight excluding hydrogens is 1150 g/mol. The van der Waals surface area contributed by atoms with Crippen LogP contribution in [0.15, 0.2) is 284 Å². The number of rotatable bonds is 8. The molecule has 0 saturated carbocycles. The minimum Gasteiger partial charge on any atom is -0.334 e. The number of anilines is 3. The molecule has 11 aromatic rings. The number of allylic oxidation sites excluding steroid dienone is 9. The Morgan fingerprint density at radius 3 is 1.68 bits per heavy atom. The molecule has 11 aromatic carbocycles. The van der Waals surface area contributed by atoms with Gasteiger partial charge in [-0.05, 0) is 229 Å². The van der Waals surface area contributed by atoms with Gasteiger partial charge in [0, 0.05) is 50.6 Å². The topological polar surface area (TPSA) is 6.48 Å². The van der Waals surface area contributed by atoms with Gasteiger partial charge in [-0.3, -0.25) is 0 Å². The fourth-order valence-electron chi connectivity index (χ4n) is 18.4. The molecule has 0 aliphatic heterocycles. The van der Waals surface area contributed by atoms with Crippen LogP contribution < -0.4 is 20.2 Å². The summed E-state index contributed by atoms with van der Waals surface area (Å²) < 4.78 is 0. The van der Waals surface area contributed by atoms with Crippen molar-refractivity contribution in [2.75, 3.05) is 9.80 Å². The maximum atomic E-state index is 2.65. The van der Waals surface area contributed by atoms with Crippen molar-refractivity contribution >= 4 is 60.5 Å². The molecule has 2 heteroatoms. The third-order valence-electron chi connectivity index (χ3n) is 23.3. The first-order chi connectivity index (χ1) is 46.0. The Morgan fingerprint density at radius 2 is 1.03 bits per heavy atom. The standard InChI is InChI=1S/C93H80N2/c1-90(2,3)62-37-39-65(40-38-62)94(63-25-12-10-13-26-63)66-42-48-73-78(54-66)85(60-33-45-76-82(52-60)91(4,5)80-50-35-57-22-16-19-29-69(57)87(76)80)74-49-43-67(55-79(74)86(73)61-34-46-77-83(53-61)92(6,7)81-51-36-58-23-17-20-30-70(58)88(77)81)95(64-27-14-11-15-28-64)68-41-47-72-75-44-32-59-24-18-21-31-71(59)89(75)93(8,9)84(72)56-68/h10-25,27-37,39-54,56,62-63,79H,26,38,55H2,1-9H3. The first-order valence-electron chi connectivity index (χ1n) is 34.7. The molecule has 7 aliphatic carbocycles. The van der Waals surface area contributed by atoms with Gasteiger partial charge in [-0.2, -0.15) is 0 Å². The lowest BCUT2D eigenvalue weighted by atomic mass is 9.70. The van der Waals surface area contributed by atoms with Crippen LogP contribution in [0, 0.1) is 17.3 Å². The van der Waals surface area contributed by atoms with Crippen LogP contribution in [-0.2, 0) is 16.2 Å². The van der Waals surface area contributed by atoms with Crippen molar-refractivity contribution in [3.05, 3.63) is 339 Å². The van der Waals surface area contributed by atoms with Crippen LogP contribution in [0.5, 0.6) is 0 Å². The van der Waals surface area contributed by atoms with E-state index < -0.39 is 0 Å². The Labute approximate surface area is 560 Å². The van der Waals surface area contributed by atoms with Crippen LogP contribution in [0.3, 0.4) is 0 Å². The molecule has 18 rings (SSSR count). The van der Waals surface area contributed by atoms with E-state index in [4.69, 9.17) is 0 Å². The Kier molecular flexibility index (Phi) is 12.7. The summed E-state index contributed by atoms with van der Waals surface area (Å²) in [4.78, 5) is 5.24. The van der Waals surface area contributed by atoms with E-state index >= 15 is 0 Å². The smallest absolute Gasteiger partial charge is 0.0559 e. The van der Waals surface area contributed by atoms with Gasteiger partial charge in [-0.1, -0.05) is 269 Å². The second kappa shape index (κ2) is 21.0. The number of nitrogens with zero attached hydrogens (tertiary/aromatic N) is 2. The van der Waals surface area contributed by atoms with Gasteiger partial charge in [-0.15, -0.1) is 0 Å². The minimum atomic E-state index is -0.229. The van der Waals surface area contributed by atoms with Crippen molar-refractivity contribution in [2.45, 2.75) is 104 Å².